The van der Waals surface area contributed by atoms with Crippen LogP contribution in [0.1, 0.15) is 30.5 Å². The molecule has 2 aromatic carbocycles. The minimum Gasteiger partial charge on any atom is -0.334 e. The van der Waals surface area contributed by atoms with Crippen LogP contribution in [0.25, 0.3) is 0 Å². The van der Waals surface area contributed by atoms with Gasteiger partial charge in [-0.25, -0.2) is 4.79 Å². The van der Waals surface area contributed by atoms with Crippen LogP contribution in [0.3, 0.4) is 0 Å². The van der Waals surface area contributed by atoms with Crippen molar-refractivity contribution in [3.05, 3.63) is 64.7 Å². The van der Waals surface area contributed by atoms with E-state index in [0.717, 1.165) is 11.1 Å². The van der Waals surface area contributed by atoms with E-state index in [2.05, 4.69) is 10.6 Å². The van der Waals surface area contributed by atoms with Crippen molar-refractivity contribution in [2.75, 3.05) is 11.9 Å². The molecule has 1 aliphatic rings. The lowest BCUT2D eigenvalue weighted by molar-refractivity contribution is -0.129. The van der Waals surface area contributed by atoms with Gasteiger partial charge in [-0.05, 0) is 37.1 Å². The molecule has 2 unspecified atom stereocenters. The lowest BCUT2D eigenvalue weighted by atomic mass is 10.1. The average molecular weight is 372 g/mol. The number of hydrogen-bond acceptors (Lipinski definition) is 2. The monoisotopic (exact) mass is 371 g/mol. The van der Waals surface area contributed by atoms with Crippen LogP contribution < -0.4 is 10.6 Å². The van der Waals surface area contributed by atoms with E-state index >= 15 is 0 Å². The minimum atomic E-state index is -0.331. The topological polar surface area (TPSA) is 61.4 Å². The Morgan fingerprint density at radius 1 is 1.19 bits per heavy atom. The fraction of sp³-hybridized carbons (Fsp3) is 0.300. The quantitative estimate of drug-likeness (QED) is 0.848. The molecule has 0 aromatic heterocycles. The number of benzene rings is 2. The van der Waals surface area contributed by atoms with Crippen LogP contribution in [0.5, 0.6) is 0 Å². The average Bonchev–Trinajstić information content (AvgIpc) is 2.99. The van der Waals surface area contributed by atoms with E-state index in [4.69, 9.17) is 11.6 Å². The van der Waals surface area contributed by atoms with E-state index in [0.29, 0.717) is 23.7 Å². The Bertz CT molecular complexity index is 810. The van der Waals surface area contributed by atoms with Crippen molar-refractivity contribution in [3.63, 3.8) is 0 Å². The minimum absolute atomic E-state index is 0.0197. The maximum atomic E-state index is 12.4. The highest BCUT2D eigenvalue weighted by atomic mass is 35.5. The molecule has 6 heteroatoms. The number of carbonyl (C=O) groups is 2. The summed E-state index contributed by atoms with van der Waals surface area (Å²) in [6.07, 6.45) is 0.305. The molecule has 136 valence electrons. The molecule has 3 amide bonds. The van der Waals surface area contributed by atoms with Crippen molar-refractivity contribution >= 4 is 29.2 Å². The van der Waals surface area contributed by atoms with E-state index in [9.17, 15) is 9.59 Å². The van der Waals surface area contributed by atoms with Gasteiger partial charge in [0, 0.05) is 23.7 Å². The Morgan fingerprint density at radius 2 is 1.92 bits per heavy atom. The summed E-state index contributed by atoms with van der Waals surface area (Å²) < 4.78 is 0. The number of carbonyl (C=O) groups excluding carboxylic acids is 2. The van der Waals surface area contributed by atoms with Crippen molar-refractivity contribution in [2.45, 2.75) is 32.4 Å². The van der Waals surface area contributed by atoms with Crippen molar-refractivity contribution in [3.8, 4) is 0 Å². The summed E-state index contributed by atoms with van der Waals surface area (Å²) in [4.78, 5) is 26.5. The van der Waals surface area contributed by atoms with Gasteiger partial charge in [0.2, 0.25) is 5.91 Å². The van der Waals surface area contributed by atoms with Gasteiger partial charge in [0.25, 0.3) is 0 Å². The highest BCUT2D eigenvalue weighted by molar-refractivity contribution is 6.31. The molecule has 2 aromatic rings. The van der Waals surface area contributed by atoms with Crippen molar-refractivity contribution in [2.24, 2.45) is 0 Å². The first-order valence-electron chi connectivity index (χ1n) is 8.62. The van der Waals surface area contributed by atoms with Crippen LogP contribution in [0.2, 0.25) is 5.02 Å². The second kappa shape index (κ2) is 7.79. The summed E-state index contributed by atoms with van der Waals surface area (Å²) in [5.41, 5.74) is 2.56. The first-order valence-corrected chi connectivity index (χ1v) is 9.00. The van der Waals surface area contributed by atoms with E-state index in [1.165, 1.54) is 0 Å². The Kier molecular flexibility index (Phi) is 5.47. The number of rotatable bonds is 4. The lowest BCUT2D eigenvalue weighted by Crippen LogP contribution is -2.40. The van der Waals surface area contributed by atoms with E-state index in [-0.39, 0.29) is 24.0 Å². The number of amides is 3. The largest absolute Gasteiger partial charge is 0.334 e. The second-order valence-electron chi connectivity index (χ2n) is 6.54. The van der Waals surface area contributed by atoms with Gasteiger partial charge in [0.15, 0.2) is 0 Å². The normalized spacial score (nSPS) is 17.9. The van der Waals surface area contributed by atoms with Gasteiger partial charge in [0.1, 0.15) is 0 Å². The SMILES string of the molecule is Cc1c(Cl)cccc1NC(=O)NC1CC(=O)N(C(C)c2ccccc2)C1. The summed E-state index contributed by atoms with van der Waals surface area (Å²) in [5, 5.41) is 6.29. The van der Waals surface area contributed by atoms with Gasteiger partial charge < -0.3 is 15.5 Å². The zero-order chi connectivity index (χ0) is 18.7. The van der Waals surface area contributed by atoms with Gasteiger partial charge in [-0.1, -0.05) is 48.0 Å². The molecule has 1 heterocycles. The summed E-state index contributed by atoms with van der Waals surface area (Å²) in [6.45, 7) is 4.35. The van der Waals surface area contributed by atoms with Gasteiger partial charge in [-0.2, -0.15) is 0 Å². The predicted molar refractivity (Wildman–Crippen MR) is 103 cm³/mol. The molecule has 0 saturated carbocycles. The summed E-state index contributed by atoms with van der Waals surface area (Å²) in [6, 6.07) is 14.7. The maximum Gasteiger partial charge on any atom is 0.319 e. The molecule has 0 spiro atoms. The predicted octanol–water partition coefficient (Wildman–Crippen LogP) is 4.13. The molecule has 1 fully saturated rings. The highest BCUT2D eigenvalue weighted by Crippen LogP contribution is 2.26. The molecule has 3 rings (SSSR count). The Hall–Kier alpha value is -2.53. The third kappa shape index (κ3) is 3.99. The van der Waals surface area contributed by atoms with Crippen molar-refractivity contribution < 1.29 is 9.59 Å². The van der Waals surface area contributed by atoms with Gasteiger partial charge in [-0.3, -0.25) is 4.79 Å². The number of nitrogens with one attached hydrogen (secondary N) is 2. The molecule has 0 bridgehead atoms. The Balaban J connectivity index is 1.60. The van der Waals surface area contributed by atoms with Crippen LogP contribution in [0.15, 0.2) is 48.5 Å². The highest BCUT2D eigenvalue weighted by Gasteiger charge is 2.33. The van der Waals surface area contributed by atoms with Crippen LogP contribution in [-0.4, -0.2) is 29.4 Å². The van der Waals surface area contributed by atoms with E-state index < -0.39 is 0 Å². The number of hydrogen-bond donors (Lipinski definition) is 2. The molecule has 0 radical (unpaired) electrons. The Labute approximate surface area is 158 Å². The maximum absolute atomic E-state index is 12.4. The standard InChI is InChI=1S/C20H22ClN3O2/c1-13-17(21)9-6-10-18(13)23-20(26)22-16-11-19(25)24(12-16)14(2)15-7-4-3-5-8-15/h3-10,14,16H,11-12H2,1-2H3,(H2,22,23,26). The van der Waals surface area contributed by atoms with Gasteiger partial charge >= 0.3 is 6.03 Å². The van der Waals surface area contributed by atoms with Crippen LogP contribution in [-0.2, 0) is 4.79 Å². The molecule has 26 heavy (non-hydrogen) atoms. The zero-order valence-corrected chi connectivity index (χ0v) is 15.6. The smallest absolute Gasteiger partial charge is 0.319 e. The molecule has 2 atom stereocenters. The fourth-order valence-electron chi connectivity index (χ4n) is 3.20. The number of likely N-dealkylation sites (tertiary alicyclic amines) is 1. The third-order valence-corrected chi connectivity index (χ3v) is 5.17. The first kappa shape index (κ1) is 18.3. The molecule has 1 aliphatic heterocycles. The van der Waals surface area contributed by atoms with E-state index in [1.807, 2.05) is 49.1 Å². The van der Waals surface area contributed by atoms with Crippen molar-refractivity contribution in [1.82, 2.24) is 10.2 Å². The first-order chi connectivity index (χ1) is 12.5. The second-order valence-corrected chi connectivity index (χ2v) is 6.95. The zero-order valence-electron chi connectivity index (χ0n) is 14.8. The number of nitrogens with zero attached hydrogens (tertiary/aromatic N) is 1. The van der Waals surface area contributed by atoms with Gasteiger partial charge in [0.05, 0.1) is 12.1 Å². The molecular weight excluding hydrogens is 350 g/mol. The summed E-state index contributed by atoms with van der Waals surface area (Å²) in [7, 11) is 0. The van der Waals surface area contributed by atoms with Crippen LogP contribution >= 0.6 is 11.6 Å². The van der Waals surface area contributed by atoms with Crippen LogP contribution in [0, 0.1) is 6.92 Å². The third-order valence-electron chi connectivity index (χ3n) is 4.76. The molecule has 2 N–H and O–H groups in total. The molecular formula is C20H22ClN3O2. The van der Waals surface area contributed by atoms with Gasteiger partial charge in [-0.15, -0.1) is 0 Å². The summed E-state index contributed by atoms with van der Waals surface area (Å²) in [5.74, 6) is 0.0468. The van der Waals surface area contributed by atoms with Crippen LogP contribution in [0.4, 0.5) is 10.5 Å². The number of urea groups is 1. The fourth-order valence-corrected chi connectivity index (χ4v) is 3.38. The molecule has 0 aliphatic carbocycles. The molecule has 1 saturated heterocycles. The summed E-state index contributed by atoms with van der Waals surface area (Å²) >= 11 is 6.08. The number of anilines is 1. The Morgan fingerprint density at radius 3 is 2.65 bits per heavy atom. The van der Waals surface area contributed by atoms with E-state index in [1.54, 1.807) is 18.2 Å². The lowest BCUT2D eigenvalue weighted by Gasteiger charge is -2.25. The van der Waals surface area contributed by atoms with Crippen molar-refractivity contribution in [1.29, 1.82) is 0 Å². The number of halogens is 1. The molecule has 5 nitrogen and oxygen atoms in total.